The molecule has 1 atom stereocenters. The van der Waals surface area contributed by atoms with Crippen LogP contribution in [-0.2, 0) is 0 Å². The minimum Gasteiger partial charge on any atom is -0.491 e. The normalized spacial score (nSPS) is 15.1. The van der Waals surface area contributed by atoms with E-state index in [1.165, 1.54) is 7.11 Å². The Balaban J connectivity index is 1.57. The molecule has 1 aromatic carbocycles. The first-order chi connectivity index (χ1) is 13.0. The van der Waals surface area contributed by atoms with Crippen LogP contribution in [0.2, 0.25) is 5.02 Å². The fourth-order valence-electron chi connectivity index (χ4n) is 3.00. The van der Waals surface area contributed by atoms with Gasteiger partial charge in [0.25, 0.3) is 5.91 Å². The number of pyridine rings is 1. The van der Waals surface area contributed by atoms with Crippen molar-refractivity contribution in [1.29, 1.82) is 0 Å². The third-order valence-corrected chi connectivity index (χ3v) is 4.55. The predicted molar refractivity (Wildman–Crippen MR) is 99.8 cm³/mol. The van der Waals surface area contributed by atoms with Gasteiger partial charge in [0, 0.05) is 16.8 Å². The second-order valence-electron chi connectivity index (χ2n) is 6.17. The highest BCUT2D eigenvalue weighted by molar-refractivity contribution is 6.30. The molecule has 0 saturated heterocycles. The highest BCUT2D eigenvalue weighted by atomic mass is 35.5. The Kier molecular flexibility index (Phi) is 4.45. The fraction of sp³-hybridized carbons (Fsp3) is 0.211. The van der Waals surface area contributed by atoms with Gasteiger partial charge in [0.2, 0.25) is 5.88 Å². The highest BCUT2D eigenvalue weighted by Crippen LogP contribution is 2.34. The molecule has 0 spiro atoms. The van der Waals surface area contributed by atoms with E-state index in [1.54, 1.807) is 41.2 Å². The largest absolute Gasteiger partial charge is 0.491 e. The van der Waals surface area contributed by atoms with Crippen molar-refractivity contribution < 1.29 is 14.3 Å². The van der Waals surface area contributed by atoms with Gasteiger partial charge >= 0.3 is 0 Å². The van der Waals surface area contributed by atoms with Crippen molar-refractivity contribution >= 4 is 17.5 Å². The Morgan fingerprint density at radius 3 is 2.96 bits per heavy atom. The molecule has 4 rings (SSSR count). The summed E-state index contributed by atoms with van der Waals surface area (Å²) in [6.45, 7) is 2.25. The number of amides is 1. The third-order valence-electron chi connectivity index (χ3n) is 4.31. The predicted octanol–water partition coefficient (Wildman–Crippen LogP) is 3.10. The van der Waals surface area contributed by atoms with E-state index in [0.717, 1.165) is 17.0 Å². The summed E-state index contributed by atoms with van der Waals surface area (Å²) in [5.41, 5.74) is 2.68. The molecule has 0 unspecified atom stereocenters. The number of benzene rings is 1. The van der Waals surface area contributed by atoms with Crippen molar-refractivity contribution in [3.8, 4) is 17.3 Å². The van der Waals surface area contributed by atoms with Crippen LogP contribution < -0.4 is 14.8 Å². The van der Waals surface area contributed by atoms with E-state index in [0.29, 0.717) is 23.2 Å². The van der Waals surface area contributed by atoms with Gasteiger partial charge in [-0.25, -0.2) is 9.97 Å². The second kappa shape index (κ2) is 6.92. The van der Waals surface area contributed by atoms with E-state index in [4.69, 9.17) is 21.1 Å². The lowest BCUT2D eigenvalue weighted by atomic mass is 10.1. The average molecular weight is 385 g/mol. The Morgan fingerprint density at radius 2 is 2.22 bits per heavy atom. The van der Waals surface area contributed by atoms with Crippen LogP contribution in [0.4, 0.5) is 0 Å². The number of methoxy groups -OCH3 is 1. The lowest BCUT2D eigenvalue weighted by Gasteiger charge is -2.13. The number of nitrogens with zero attached hydrogens (tertiary/aromatic N) is 3. The molecule has 2 aromatic heterocycles. The van der Waals surface area contributed by atoms with Gasteiger partial charge in [0.1, 0.15) is 23.7 Å². The lowest BCUT2D eigenvalue weighted by molar-refractivity contribution is 0.0924. The number of hydrogen-bond acceptors (Lipinski definition) is 5. The Labute approximate surface area is 160 Å². The molecule has 0 aliphatic carbocycles. The monoisotopic (exact) mass is 384 g/mol. The molecular formula is C19H17ClN4O3. The first-order valence-corrected chi connectivity index (χ1v) is 8.72. The molecule has 0 fully saturated rings. The van der Waals surface area contributed by atoms with Gasteiger partial charge in [-0.15, -0.1) is 0 Å². The van der Waals surface area contributed by atoms with Gasteiger partial charge in [-0.1, -0.05) is 11.6 Å². The van der Waals surface area contributed by atoms with E-state index < -0.39 is 0 Å². The maximum absolute atomic E-state index is 12.7. The molecular weight excluding hydrogens is 368 g/mol. The summed E-state index contributed by atoms with van der Waals surface area (Å²) in [5, 5.41) is 3.53. The van der Waals surface area contributed by atoms with Crippen molar-refractivity contribution in [3.63, 3.8) is 0 Å². The second-order valence-corrected chi connectivity index (χ2v) is 6.60. The van der Waals surface area contributed by atoms with Gasteiger partial charge in [-0.05, 0) is 37.3 Å². The first-order valence-electron chi connectivity index (χ1n) is 8.34. The maximum atomic E-state index is 12.7. The van der Waals surface area contributed by atoms with Gasteiger partial charge in [-0.2, -0.15) is 0 Å². The third kappa shape index (κ3) is 3.33. The molecule has 7 nitrogen and oxygen atoms in total. The summed E-state index contributed by atoms with van der Waals surface area (Å²) in [6, 6.07) is 8.50. The number of halogens is 1. The molecule has 3 heterocycles. The summed E-state index contributed by atoms with van der Waals surface area (Å²) < 4.78 is 12.8. The topological polar surface area (TPSA) is 78.3 Å². The molecule has 1 aliphatic heterocycles. The van der Waals surface area contributed by atoms with Gasteiger partial charge in [0.05, 0.1) is 25.2 Å². The number of aryl methyl sites for hydroxylation is 1. The van der Waals surface area contributed by atoms with Crippen LogP contribution in [-0.4, -0.2) is 34.2 Å². The summed E-state index contributed by atoms with van der Waals surface area (Å²) in [4.78, 5) is 21.2. The van der Waals surface area contributed by atoms with Crippen LogP contribution in [0.3, 0.4) is 0 Å². The van der Waals surface area contributed by atoms with Crippen molar-refractivity contribution in [2.45, 2.75) is 13.0 Å². The molecule has 8 heteroatoms. The lowest BCUT2D eigenvalue weighted by Crippen LogP contribution is -2.30. The SMILES string of the molecule is COc1nc(C(=O)N[C@H]2COc3ccc(Cl)cc32)ccc1-n1cnc(C)c1. The van der Waals surface area contributed by atoms with Crippen LogP contribution in [0.1, 0.15) is 27.8 Å². The number of rotatable bonds is 4. The zero-order valence-corrected chi connectivity index (χ0v) is 15.5. The molecule has 27 heavy (non-hydrogen) atoms. The van der Waals surface area contributed by atoms with Crippen LogP contribution in [0.15, 0.2) is 42.9 Å². The quantitative estimate of drug-likeness (QED) is 0.747. The number of carbonyl (C=O) groups is 1. The molecule has 0 radical (unpaired) electrons. The van der Waals surface area contributed by atoms with Crippen molar-refractivity contribution in [3.05, 3.63) is 64.8 Å². The van der Waals surface area contributed by atoms with Crippen LogP contribution in [0.5, 0.6) is 11.6 Å². The zero-order valence-electron chi connectivity index (χ0n) is 14.8. The molecule has 1 N–H and O–H groups in total. The molecule has 138 valence electrons. The Morgan fingerprint density at radius 1 is 1.37 bits per heavy atom. The van der Waals surface area contributed by atoms with Crippen molar-refractivity contribution in [1.82, 2.24) is 19.9 Å². The van der Waals surface area contributed by atoms with E-state index >= 15 is 0 Å². The first kappa shape index (κ1) is 17.4. The van der Waals surface area contributed by atoms with Crippen LogP contribution in [0.25, 0.3) is 5.69 Å². The van der Waals surface area contributed by atoms with Crippen molar-refractivity contribution in [2.75, 3.05) is 13.7 Å². The summed E-state index contributed by atoms with van der Waals surface area (Å²) in [7, 11) is 1.51. The summed E-state index contributed by atoms with van der Waals surface area (Å²) in [6.07, 6.45) is 3.53. The molecule has 1 amide bonds. The van der Waals surface area contributed by atoms with E-state index in [2.05, 4.69) is 15.3 Å². The average Bonchev–Trinajstić information content (AvgIpc) is 3.27. The number of hydrogen-bond donors (Lipinski definition) is 1. The smallest absolute Gasteiger partial charge is 0.270 e. The number of aromatic nitrogens is 3. The Hall–Kier alpha value is -3.06. The van der Waals surface area contributed by atoms with E-state index in [-0.39, 0.29) is 17.6 Å². The summed E-state index contributed by atoms with van der Waals surface area (Å²) in [5.74, 6) is 0.746. The van der Waals surface area contributed by atoms with Crippen LogP contribution >= 0.6 is 11.6 Å². The summed E-state index contributed by atoms with van der Waals surface area (Å²) >= 11 is 6.05. The molecule has 0 bridgehead atoms. The Bertz CT molecular complexity index is 1020. The minimum atomic E-state index is -0.317. The van der Waals surface area contributed by atoms with Gasteiger partial charge in [0.15, 0.2) is 0 Å². The number of nitrogens with one attached hydrogen (secondary N) is 1. The minimum absolute atomic E-state index is 0.253. The standard InChI is InChI=1S/C19H17ClN4O3/c1-11-8-24(10-21-11)16-5-4-14(23-19(16)26-2)18(25)22-15-9-27-17-6-3-12(20)7-13(15)17/h3-8,10,15H,9H2,1-2H3,(H,22,25)/t15-/m0/s1. The van der Waals surface area contributed by atoms with Gasteiger partial charge < -0.3 is 19.4 Å². The fourth-order valence-corrected chi connectivity index (χ4v) is 3.18. The molecule has 3 aromatic rings. The zero-order chi connectivity index (χ0) is 19.0. The molecule has 0 saturated carbocycles. The van der Waals surface area contributed by atoms with Crippen molar-refractivity contribution in [2.24, 2.45) is 0 Å². The number of carbonyl (C=O) groups excluding carboxylic acids is 1. The maximum Gasteiger partial charge on any atom is 0.270 e. The number of imidazole rings is 1. The van der Waals surface area contributed by atoms with E-state index in [9.17, 15) is 4.79 Å². The van der Waals surface area contributed by atoms with E-state index in [1.807, 2.05) is 13.1 Å². The molecule has 1 aliphatic rings. The van der Waals surface area contributed by atoms with Gasteiger partial charge in [-0.3, -0.25) is 4.79 Å². The number of ether oxygens (including phenoxy) is 2. The number of fused-ring (bicyclic) bond motifs is 1. The van der Waals surface area contributed by atoms with Crippen LogP contribution in [0, 0.1) is 6.92 Å². The highest BCUT2D eigenvalue weighted by Gasteiger charge is 2.27.